The van der Waals surface area contributed by atoms with Gasteiger partial charge in [0.05, 0.1) is 17.7 Å². The zero-order chi connectivity index (χ0) is 27.8. The fourth-order valence-electron chi connectivity index (χ4n) is 4.37. The molecule has 2 heterocycles. The molecule has 1 atom stereocenters. The number of aromatic amines is 1. The standard InChI is InChI=1S/C29H25F3N2O4/c1-5-38-27(36)23-18(3)33-25-24(23)20(16-34(4)26(25)35)13-14-28(37,29(30,31)32)21-11-8-10-19(15-21)22-12-7-6-9-17(22)2/h6-12,15-16,33,37H,5H2,1-4H3. The monoisotopic (exact) mass is 522 g/mol. The minimum Gasteiger partial charge on any atom is -0.462 e. The van der Waals surface area contributed by atoms with Crippen molar-refractivity contribution in [3.8, 4) is 23.0 Å². The summed E-state index contributed by atoms with van der Waals surface area (Å²) in [5.41, 5.74) is -2.19. The number of carbonyl (C=O) groups excluding carboxylic acids is 1. The predicted molar refractivity (Wildman–Crippen MR) is 138 cm³/mol. The molecule has 1 unspecified atom stereocenters. The summed E-state index contributed by atoms with van der Waals surface area (Å²) in [5.74, 6) is 3.68. The van der Waals surface area contributed by atoms with Crippen LogP contribution >= 0.6 is 0 Å². The van der Waals surface area contributed by atoms with E-state index in [9.17, 15) is 27.9 Å². The average Bonchev–Trinajstić information content (AvgIpc) is 3.22. The molecule has 6 nitrogen and oxygen atoms in total. The summed E-state index contributed by atoms with van der Waals surface area (Å²) in [6.07, 6.45) is -3.93. The molecule has 2 aromatic carbocycles. The Morgan fingerprint density at radius 3 is 2.50 bits per heavy atom. The van der Waals surface area contributed by atoms with Gasteiger partial charge in [-0.1, -0.05) is 48.4 Å². The van der Waals surface area contributed by atoms with Gasteiger partial charge in [-0.2, -0.15) is 13.2 Å². The van der Waals surface area contributed by atoms with Gasteiger partial charge in [-0.05, 0) is 49.4 Å². The Morgan fingerprint density at radius 1 is 1.13 bits per heavy atom. The minimum absolute atomic E-state index is 0.000878. The van der Waals surface area contributed by atoms with Gasteiger partial charge in [-0.15, -0.1) is 0 Å². The number of fused-ring (bicyclic) bond motifs is 1. The predicted octanol–water partition coefficient (Wildman–Crippen LogP) is 5.13. The Labute approximate surface area is 216 Å². The second kappa shape index (κ2) is 9.88. The molecule has 0 radical (unpaired) electrons. The average molecular weight is 523 g/mol. The SMILES string of the molecule is CCOC(=O)c1c(C)[nH]c2c(=O)n(C)cc(C#CC(O)(c3cccc(-c4ccccc4C)c3)C(F)(F)F)c12. The Kier molecular flexibility index (Phi) is 6.96. The van der Waals surface area contributed by atoms with Crippen LogP contribution in [0.2, 0.25) is 0 Å². The molecule has 0 aliphatic heterocycles. The van der Waals surface area contributed by atoms with E-state index in [-0.39, 0.29) is 28.6 Å². The van der Waals surface area contributed by atoms with Gasteiger partial charge in [-0.3, -0.25) is 4.79 Å². The quantitative estimate of drug-likeness (QED) is 0.288. The van der Waals surface area contributed by atoms with Crippen molar-refractivity contribution in [3.05, 3.63) is 93.0 Å². The molecule has 0 fully saturated rings. The first-order valence-electron chi connectivity index (χ1n) is 11.8. The molecule has 0 saturated carbocycles. The molecule has 2 N–H and O–H groups in total. The number of aliphatic hydroxyl groups is 1. The molecular formula is C29H25F3N2O4. The van der Waals surface area contributed by atoms with Crippen LogP contribution in [-0.4, -0.2) is 33.4 Å². The summed E-state index contributed by atoms with van der Waals surface area (Å²) in [6, 6.07) is 12.7. The van der Waals surface area contributed by atoms with Gasteiger partial charge in [0.1, 0.15) is 5.52 Å². The highest BCUT2D eigenvalue weighted by Gasteiger charge is 2.54. The number of nitrogens with one attached hydrogen (secondary N) is 1. The van der Waals surface area contributed by atoms with Crippen molar-refractivity contribution >= 4 is 16.9 Å². The summed E-state index contributed by atoms with van der Waals surface area (Å²) in [6.45, 7) is 5.05. The lowest BCUT2D eigenvalue weighted by Gasteiger charge is -2.26. The molecule has 196 valence electrons. The summed E-state index contributed by atoms with van der Waals surface area (Å²) in [5, 5.41) is 11.1. The fourth-order valence-corrected chi connectivity index (χ4v) is 4.37. The number of rotatable bonds is 4. The Morgan fingerprint density at radius 2 is 1.84 bits per heavy atom. The molecular weight excluding hydrogens is 497 g/mol. The van der Waals surface area contributed by atoms with Crippen LogP contribution in [0.3, 0.4) is 0 Å². The molecule has 38 heavy (non-hydrogen) atoms. The van der Waals surface area contributed by atoms with E-state index in [0.717, 1.165) is 16.2 Å². The topological polar surface area (TPSA) is 84.3 Å². The van der Waals surface area contributed by atoms with Gasteiger partial charge in [0.2, 0.25) is 5.60 Å². The zero-order valence-electron chi connectivity index (χ0n) is 21.2. The third-order valence-electron chi connectivity index (χ3n) is 6.32. The van der Waals surface area contributed by atoms with Crippen LogP contribution < -0.4 is 5.56 Å². The molecule has 0 bridgehead atoms. The highest BCUT2D eigenvalue weighted by Crippen LogP contribution is 2.40. The first-order chi connectivity index (χ1) is 17.9. The number of alkyl halides is 3. The molecule has 9 heteroatoms. The molecule has 2 aromatic heterocycles. The molecule has 4 rings (SSSR count). The number of carbonyl (C=O) groups is 1. The van der Waals surface area contributed by atoms with Crippen LogP contribution in [0.4, 0.5) is 13.2 Å². The highest BCUT2D eigenvalue weighted by molar-refractivity contribution is 6.07. The normalized spacial score (nSPS) is 13.1. The van der Waals surface area contributed by atoms with Crippen LogP contribution in [0.25, 0.3) is 22.0 Å². The maximum absolute atomic E-state index is 14.4. The lowest BCUT2D eigenvalue weighted by Crippen LogP contribution is -2.41. The van der Waals surface area contributed by atoms with Gasteiger partial charge >= 0.3 is 12.1 Å². The van der Waals surface area contributed by atoms with E-state index in [0.29, 0.717) is 16.8 Å². The number of esters is 1. The van der Waals surface area contributed by atoms with E-state index < -0.39 is 28.9 Å². The van der Waals surface area contributed by atoms with E-state index in [4.69, 9.17) is 4.74 Å². The maximum atomic E-state index is 14.4. The molecule has 0 saturated heterocycles. The van der Waals surface area contributed by atoms with Crippen molar-refractivity contribution in [1.29, 1.82) is 0 Å². The largest absolute Gasteiger partial charge is 0.462 e. The number of pyridine rings is 1. The van der Waals surface area contributed by atoms with Crippen LogP contribution in [-0.2, 0) is 17.4 Å². The van der Waals surface area contributed by atoms with Gasteiger partial charge < -0.3 is 19.4 Å². The van der Waals surface area contributed by atoms with E-state index >= 15 is 0 Å². The molecule has 4 aromatic rings. The number of ether oxygens (including phenoxy) is 1. The van der Waals surface area contributed by atoms with Crippen molar-refractivity contribution in [1.82, 2.24) is 9.55 Å². The van der Waals surface area contributed by atoms with Gasteiger partial charge in [0.15, 0.2) is 0 Å². The Bertz CT molecular complexity index is 1670. The number of hydrogen-bond acceptors (Lipinski definition) is 4. The molecule has 0 aliphatic carbocycles. The summed E-state index contributed by atoms with van der Waals surface area (Å²) >= 11 is 0. The van der Waals surface area contributed by atoms with E-state index in [1.54, 1.807) is 32.0 Å². The molecule has 0 amide bonds. The number of aryl methyl sites for hydroxylation is 3. The zero-order valence-corrected chi connectivity index (χ0v) is 21.2. The second-order valence-electron chi connectivity index (χ2n) is 8.91. The number of H-pyrrole nitrogens is 1. The fraction of sp³-hybridized carbons (Fsp3) is 0.241. The lowest BCUT2D eigenvalue weighted by atomic mass is 9.89. The smallest absolute Gasteiger partial charge is 0.433 e. The second-order valence-corrected chi connectivity index (χ2v) is 8.91. The maximum Gasteiger partial charge on any atom is 0.433 e. The number of hydrogen-bond donors (Lipinski definition) is 2. The number of halogens is 3. The third kappa shape index (κ3) is 4.59. The van der Waals surface area contributed by atoms with Crippen LogP contribution in [0.15, 0.2) is 59.5 Å². The highest BCUT2D eigenvalue weighted by atomic mass is 19.4. The van der Waals surface area contributed by atoms with Crippen molar-refractivity contribution < 1.29 is 27.8 Å². The first-order valence-corrected chi connectivity index (χ1v) is 11.8. The molecule has 0 aliphatic rings. The summed E-state index contributed by atoms with van der Waals surface area (Å²) in [4.78, 5) is 28.2. The van der Waals surface area contributed by atoms with Gasteiger partial charge in [0.25, 0.3) is 5.56 Å². The van der Waals surface area contributed by atoms with Crippen molar-refractivity contribution in [2.45, 2.75) is 32.5 Å². The minimum atomic E-state index is -5.16. The number of nitrogens with zero attached hydrogens (tertiary/aromatic N) is 1. The van der Waals surface area contributed by atoms with Crippen molar-refractivity contribution in [2.24, 2.45) is 7.05 Å². The first kappa shape index (κ1) is 26.8. The van der Waals surface area contributed by atoms with Crippen molar-refractivity contribution in [2.75, 3.05) is 6.61 Å². The number of benzene rings is 2. The number of aromatic nitrogens is 2. The van der Waals surface area contributed by atoms with E-state index in [1.165, 1.54) is 25.4 Å². The molecule has 0 spiro atoms. The van der Waals surface area contributed by atoms with Crippen LogP contribution in [0.5, 0.6) is 0 Å². The van der Waals surface area contributed by atoms with Crippen molar-refractivity contribution in [3.63, 3.8) is 0 Å². The van der Waals surface area contributed by atoms with E-state index in [2.05, 4.69) is 10.9 Å². The summed E-state index contributed by atoms with van der Waals surface area (Å²) < 4.78 is 49.4. The lowest BCUT2D eigenvalue weighted by molar-refractivity contribution is -0.240. The Balaban J connectivity index is 1.95. The summed E-state index contributed by atoms with van der Waals surface area (Å²) in [7, 11) is 1.41. The third-order valence-corrected chi connectivity index (χ3v) is 6.32. The van der Waals surface area contributed by atoms with Gasteiger partial charge in [-0.25, -0.2) is 4.79 Å². The van der Waals surface area contributed by atoms with E-state index in [1.807, 2.05) is 25.0 Å². The van der Waals surface area contributed by atoms with Crippen LogP contribution in [0.1, 0.15) is 39.7 Å². The van der Waals surface area contributed by atoms with Crippen LogP contribution in [0, 0.1) is 25.7 Å². The van der Waals surface area contributed by atoms with Gasteiger partial charge in [0, 0.05) is 29.9 Å². The Hall–Kier alpha value is -4.29.